The summed E-state index contributed by atoms with van der Waals surface area (Å²) in [6, 6.07) is 0. The molecule has 2 unspecified atom stereocenters. The van der Waals surface area contributed by atoms with Crippen LogP contribution in [-0.2, 0) is 4.74 Å². The molecule has 2 atom stereocenters. The Labute approximate surface area is 251 Å². The molecule has 0 saturated carbocycles. The number of alkyl halides is 34. The minimum absolute atomic E-state index is 0.181. The van der Waals surface area contributed by atoms with Gasteiger partial charge in [-0.15, -0.1) is 0 Å². The van der Waals surface area contributed by atoms with Crippen LogP contribution in [-0.4, -0.2) is 95.6 Å². The molecule has 0 aliphatic heterocycles. The first-order valence-electron chi connectivity index (χ1n) is 10.3. The normalized spacial score (nSPS) is 19.2. The van der Waals surface area contributed by atoms with Crippen molar-refractivity contribution in [3.8, 4) is 0 Å². The van der Waals surface area contributed by atoms with Gasteiger partial charge in [-0.1, -0.05) is 0 Å². The maximum atomic E-state index is 15.0. The maximum Gasteiger partial charge on any atom is 0.460 e. The zero-order chi connectivity index (χ0) is 42.7. The van der Waals surface area contributed by atoms with E-state index in [-0.39, 0.29) is 4.74 Å². The Balaban J connectivity index is 9.27. The fourth-order valence-corrected chi connectivity index (χ4v) is 2.76. The molecule has 0 aliphatic rings. The summed E-state index contributed by atoms with van der Waals surface area (Å²) in [6.07, 6.45) is -35.7. The first kappa shape index (κ1) is 48.6. The molecule has 0 aromatic rings. The predicted octanol–water partition coefficient (Wildman–Crippen LogP) is 10.9. The first-order chi connectivity index (χ1) is 21.2. The highest BCUT2D eigenvalue weighted by molar-refractivity contribution is 5.20. The van der Waals surface area contributed by atoms with Crippen LogP contribution in [0.15, 0.2) is 0 Å². The summed E-state index contributed by atoms with van der Waals surface area (Å²) in [7, 11) is 0. The van der Waals surface area contributed by atoms with E-state index in [0.717, 1.165) is 0 Å². The van der Waals surface area contributed by atoms with Gasteiger partial charge in [-0.05, 0) is 0 Å². The molecular weight excluding hydrogens is 854 g/mol. The van der Waals surface area contributed by atoms with Crippen LogP contribution in [0.2, 0.25) is 0 Å². The molecule has 0 fully saturated rings. The fourth-order valence-electron chi connectivity index (χ4n) is 2.76. The molecule has 1 nitrogen and oxygen atoms in total. The zero-order valence-electron chi connectivity index (χ0n) is 21.3. The Morgan fingerprint density at radius 3 is 0.412 bits per heavy atom. The third kappa shape index (κ3) is 5.89. The van der Waals surface area contributed by atoms with Gasteiger partial charge in [-0.2, -0.15) is 149 Å². The van der Waals surface area contributed by atoms with Crippen LogP contribution >= 0.6 is 0 Å². The summed E-state index contributed by atoms with van der Waals surface area (Å²) in [5.41, 5.74) is 0. The molecule has 0 radical (unpaired) electrons. The van der Waals surface area contributed by atoms with Crippen molar-refractivity contribution in [2.24, 2.45) is 0 Å². The molecule has 51 heavy (non-hydrogen) atoms. The van der Waals surface area contributed by atoms with Crippen LogP contribution in [0.1, 0.15) is 0 Å². The number of hydrogen-bond donors (Lipinski definition) is 0. The van der Waals surface area contributed by atoms with Gasteiger partial charge < -0.3 is 0 Å². The summed E-state index contributed by atoms with van der Waals surface area (Å²) >= 11 is 0. The van der Waals surface area contributed by atoms with E-state index >= 15 is 0 Å². The van der Waals surface area contributed by atoms with Gasteiger partial charge in [0.2, 0.25) is 0 Å². The van der Waals surface area contributed by atoms with Crippen molar-refractivity contribution in [3.05, 3.63) is 0 Å². The molecule has 0 N–H and O–H groups in total. The average Bonchev–Trinajstić information content (AvgIpc) is 2.84. The van der Waals surface area contributed by atoms with Gasteiger partial charge in [0.25, 0.3) is 0 Å². The van der Waals surface area contributed by atoms with Crippen LogP contribution in [0.4, 0.5) is 149 Å². The monoisotopic (exact) mass is 854 g/mol. The van der Waals surface area contributed by atoms with E-state index in [1.807, 2.05) is 0 Å². The van der Waals surface area contributed by atoms with Crippen molar-refractivity contribution in [2.75, 3.05) is 0 Å². The van der Waals surface area contributed by atoms with E-state index < -0.39 is 95.6 Å². The minimum atomic E-state index is -10.9. The second-order valence-electron chi connectivity index (χ2n) is 9.03. The molecule has 0 amide bonds. The largest absolute Gasteiger partial charge is 0.460 e. The van der Waals surface area contributed by atoms with Gasteiger partial charge in [-0.3, -0.25) is 4.74 Å². The molecule has 308 valence electrons. The van der Waals surface area contributed by atoms with Gasteiger partial charge in [-0.25, -0.2) is 0 Å². The van der Waals surface area contributed by atoms with Gasteiger partial charge in [0.15, 0.2) is 0 Å². The van der Waals surface area contributed by atoms with Crippen LogP contribution in [0.3, 0.4) is 0 Å². The Bertz CT molecular complexity index is 1160. The molecule has 0 aliphatic carbocycles. The SMILES string of the molecule is FC(F)(F)C(F)(F)C(F)(F)C(F)(F)C(F)(OC(F)(C(F)(F)C(F)(F)C(F)(F)F)C(F)(F)C(F)(F)C(F)(F)C(F)(F)F)C(F)(F)C(F)(F)C(F)(F)F. The van der Waals surface area contributed by atoms with E-state index in [1.54, 1.807) is 0 Å². The van der Waals surface area contributed by atoms with Crippen molar-refractivity contribution >= 4 is 0 Å². The van der Waals surface area contributed by atoms with E-state index in [9.17, 15) is 149 Å². The third-order valence-electron chi connectivity index (χ3n) is 5.69. The zero-order valence-corrected chi connectivity index (χ0v) is 21.3. The van der Waals surface area contributed by atoms with Gasteiger partial charge in [0.05, 0.1) is 0 Å². The van der Waals surface area contributed by atoms with Crippen molar-refractivity contribution < 1.29 is 154 Å². The van der Waals surface area contributed by atoms with Crippen molar-refractivity contribution in [1.82, 2.24) is 0 Å². The molecule has 0 saturated heterocycles. The predicted molar refractivity (Wildman–Crippen MR) is 82.5 cm³/mol. The summed E-state index contributed by atoms with van der Waals surface area (Å²) in [5.74, 6) is -122. The lowest BCUT2D eigenvalue weighted by Gasteiger charge is -2.51. The highest BCUT2D eigenvalue weighted by Gasteiger charge is 3.01. The molecule has 0 spiro atoms. The Morgan fingerprint density at radius 2 is 0.275 bits per heavy atom. The van der Waals surface area contributed by atoms with Gasteiger partial charge in [0, 0.05) is 0 Å². The van der Waals surface area contributed by atoms with E-state index in [2.05, 4.69) is 0 Å². The van der Waals surface area contributed by atoms with E-state index in [1.165, 1.54) is 0 Å². The lowest BCUT2D eigenvalue weighted by atomic mass is 9.86. The van der Waals surface area contributed by atoms with E-state index in [0.29, 0.717) is 0 Å². The molecule has 35 heteroatoms. The summed E-state index contributed by atoms with van der Waals surface area (Å²) < 4.78 is 453. The van der Waals surface area contributed by atoms with Crippen molar-refractivity contribution in [3.63, 3.8) is 0 Å². The van der Waals surface area contributed by atoms with Crippen LogP contribution in [0, 0.1) is 0 Å². The number of ether oxygens (including phenoxy) is 1. The topological polar surface area (TPSA) is 9.23 Å². The summed E-state index contributed by atoms with van der Waals surface area (Å²) in [5, 5.41) is 0. The molecule has 0 rings (SSSR count). The van der Waals surface area contributed by atoms with Gasteiger partial charge in [0.1, 0.15) is 0 Å². The highest BCUT2D eigenvalue weighted by atomic mass is 19.5. The molecule has 0 aromatic heterocycles. The van der Waals surface area contributed by atoms with Crippen LogP contribution in [0.5, 0.6) is 0 Å². The van der Waals surface area contributed by atoms with Crippen molar-refractivity contribution in [2.45, 2.75) is 95.6 Å². The summed E-state index contributed by atoms with van der Waals surface area (Å²) in [4.78, 5) is 0. The second kappa shape index (κ2) is 11.5. The van der Waals surface area contributed by atoms with Crippen LogP contribution in [0.25, 0.3) is 0 Å². The Morgan fingerprint density at radius 1 is 0.157 bits per heavy atom. The van der Waals surface area contributed by atoms with Crippen molar-refractivity contribution in [1.29, 1.82) is 0 Å². The highest BCUT2D eigenvalue weighted by Crippen LogP contribution is 2.70. The lowest BCUT2D eigenvalue weighted by Crippen LogP contribution is -2.82. The second-order valence-corrected chi connectivity index (χ2v) is 9.03. The minimum Gasteiger partial charge on any atom is -0.288 e. The van der Waals surface area contributed by atoms with Crippen LogP contribution < -0.4 is 0 Å². The first-order valence-corrected chi connectivity index (χ1v) is 10.3. The summed E-state index contributed by atoms with van der Waals surface area (Å²) in [6.45, 7) is 0. The maximum absolute atomic E-state index is 15.0. The molecule has 0 bridgehead atoms. The van der Waals surface area contributed by atoms with Gasteiger partial charge >= 0.3 is 95.6 Å². The average molecular weight is 854 g/mol. The Kier molecular flexibility index (Phi) is 11.0. The molecular formula is C16F34O. The lowest BCUT2D eigenvalue weighted by molar-refractivity contribution is -0.554. The quantitative estimate of drug-likeness (QED) is 0.178. The number of rotatable bonds is 12. The van der Waals surface area contributed by atoms with E-state index in [4.69, 9.17) is 0 Å². The fraction of sp³-hybridized carbons (Fsp3) is 1.00. The smallest absolute Gasteiger partial charge is 0.288 e. The third-order valence-corrected chi connectivity index (χ3v) is 5.69. The Hall–Kier alpha value is -2.42. The molecule has 0 heterocycles. The number of hydrogen-bond acceptors (Lipinski definition) is 1. The number of halogens is 34. The molecule has 0 aromatic carbocycles. The standard InChI is InChI=1S/C16F34O/c17-1(18,7(29,30)13(39,40)41)3(21,22)11(37,5(25,26)9(33,34)15(45,46)47)51-12(38,6(27,28)10(35,36)16(48,49)50)4(23,24)2(19,20)8(31,32)14(42,43)44.